The third kappa shape index (κ3) is 3.07. The Bertz CT molecular complexity index is 486. The molecule has 0 atom stereocenters. The first-order valence-corrected chi connectivity index (χ1v) is 5.77. The van der Waals surface area contributed by atoms with Crippen molar-refractivity contribution in [3.8, 4) is 0 Å². The van der Waals surface area contributed by atoms with Gasteiger partial charge < -0.3 is 15.4 Å². The van der Waals surface area contributed by atoms with Crippen molar-refractivity contribution in [2.24, 2.45) is 0 Å². The van der Waals surface area contributed by atoms with Crippen LogP contribution >= 0.6 is 0 Å². The normalized spacial score (nSPS) is 18.2. The summed E-state index contributed by atoms with van der Waals surface area (Å²) in [5, 5.41) is 0. The molecule has 0 aromatic carbocycles. The fraction of sp³-hybridized carbons (Fsp3) is 0.545. The van der Waals surface area contributed by atoms with Gasteiger partial charge in [0.1, 0.15) is 5.82 Å². The van der Waals surface area contributed by atoms with Crippen molar-refractivity contribution in [3.05, 3.63) is 11.8 Å². The van der Waals surface area contributed by atoms with E-state index in [9.17, 15) is 13.6 Å². The average molecular weight is 272 g/mol. The van der Waals surface area contributed by atoms with Gasteiger partial charge in [-0.25, -0.2) is 18.6 Å². The third-order valence-corrected chi connectivity index (χ3v) is 2.91. The van der Waals surface area contributed by atoms with Crippen LogP contribution in [0.2, 0.25) is 0 Å². The molecular weight excluding hydrogens is 258 g/mol. The maximum Gasteiger partial charge on any atom is 0.356 e. The minimum Gasteiger partial charge on any atom is -0.464 e. The molecule has 0 unspecified atom stereocenters. The second-order valence-corrected chi connectivity index (χ2v) is 4.31. The van der Waals surface area contributed by atoms with E-state index in [-0.39, 0.29) is 43.4 Å². The largest absolute Gasteiger partial charge is 0.464 e. The molecule has 19 heavy (non-hydrogen) atoms. The monoisotopic (exact) mass is 272 g/mol. The van der Waals surface area contributed by atoms with Gasteiger partial charge in [0.2, 0.25) is 5.95 Å². The van der Waals surface area contributed by atoms with Gasteiger partial charge in [0, 0.05) is 32.0 Å². The Labute approximate surface area is 108 Å². The van der Waals surface area contributed by atoms with Gasteiger partial charge in [-0.1, -0.05) is 0 Å². The number of anilines is 2. The number of nitrogen functional groups attached to an aromatic ring is 1. The highest BCUT2D eigenvalue weighted by Gasteiger charge is 2.35. The number of carbonyl (C=O) groups excluding carboxylic acids is 1. The van der Waals surface area contributed by atoms with Gasteiger partial charge >= 0.3 is 5.97 Å². The fourth-order valence-corrected chi connectivity index (χ4v) is 1.84. The van der Waals surface area contributed by atoms with Crippen molar-refractivity contribution < 1.29 is 18.3 Å². The molecule has 0 aliphatic carbocycles. The molecule has 1 aromatic rings. The lowest BCUT2D eigenvalue weighted by atomic mass is 10.1. The van der Waals surface area contributed by atoms with Gasteiger partial charge in [0.05, 0.1) is 7.11 Å². The maximum absolute atomic E-state index is 13.1. The molecule has 0 radical (unpaired) electrons. The van der Waals surface area contributed by atoms with E-state index >= 15 is 0 Å². The molecule has 2 N–H and O–H groups in total. The number of hydrogen-bond donors (Lipinski definition) is 1. The van der Waals surface area contributed by atoms with Crippen molar-refractivity contribution in [2.45, 2.75) is 18.8 Å². The number of piperidine rings is 1. The summed E-state index contributed by atoms with van der Waals surface area (Å²) in [5.41, 5.74) is 5.59. The predicted molar refractivity (Wildman–Crippen MR) is 64.2 cm³/mol. The molecule has 6 nitrogen and oxygen atoms in total. The highest BCUT2D eigenvalue weighted by atomic mass is 19.3. The van der Waals surface area contributed by atoms with Gasteiger partial charge in [-0.3, -0.25) is 0 Å². The number of halogens is 2. The zero-order valence-electron chi connectivity index (χ0n) is 10.4. The molecule has 0 amide bonds. The summed E-state index contributed by atoms with van der Waals surface area (Å²) in [6.45, 7) is 0.244. The Balaban J connectivity index is 2.21. The van der Waals surface area contributed by atoms with Crippen molar-refractivity contribution >= 4 is 17.7 Å². The minimum atomic E-state index is -2.65. The molecule has 8 heteroatoms. The van der Waals surface area contributed by atoms with E-state index in [4.69, 9.17) is 5.73 Å². The maximum atomic E-state index is 13.1. The molecule has 2 heterocycles. The first-order chi connectivity index (χ1) is 8.91. The van der Waals surface area contributed by atoms with Gasteiger partial charge in [-0.2, -0.15) is 4.98 Å². The van der Waals surface area contributed by atoms with Crippen molar-refractivity contribution in [1.29, 1.82) is 0 Å². The van der Waals surface area contributed by atoms with Crippen LogP contribution in [0, 0.1) is 0 Å². The lowest BCUT2D eigenvalue weighted by molar-refractivity contribution is -0.0222. The molecular formula is C11H14F2N4O2. The Morgan fingerprint density at radius 3 is 2.63 bits per heavy atom. The van der Waals surface area contributed by atoms with E-state index < -0.39 is 11.9 Å². The standard InChI is InChI=1S/C11H14F2N4O2/c1-19-9(18)7-6-8(14)16-10(15-7)17-4-2-11(12,13)3-5-17/h6H,2-5H2,1H3,(H2,14,15,16). The summed E-state index contributed by atoms with van der Waals surface area (Å²) < 4.78 is 30.7. The van der Waals surface area contributed by atoms with Crippen LogP contribution < -0.4 is 10.6 Å². The number of hydrogen-bond acceptors (Lipinski definition) is 6. The third-order valence-electron chi connectivity index (χ3n) is 2.91. The van der Waals surface area contributed by atoms with Gasteiger partial charge in [-0.05, 0) is 0 Å². The summed E-state index contributed by atoms with van der Waals surface area (Å²) in [6, 6.07) is 1.29. The lowest BCUT2D eigenvalue weighted by Gasteiger charge is -2.31. The van der Waals surface area contributed by atoms with E-state index in [0.29, 0.717) is 0 Å². The van der Waals surface area contributed by atoms with Crippen molar-refractivity contribution in [3.63, 3.8) is 0 Å². The first kappa shape index (κ1) is 13.4. The van der Waals surface area contributed by atoms with E-state index in [0.717, 1.165) is 0 Å². The summed E-state index contributed by atoms with van der Waals surface area (Å²) in [5.74, 6) is -3.02. The number of carbonyl (C=O) groups is 1. The lowest BCUT2D eigenvalue weighted by Crippen LogP contribution is -2.40. The van der Waals surface area contributed by atoms with Crippen LogP contribution in [0.15, 0.2) is 6.07 Å². The number of esters is 1. The molecule has 0 spiro atoms. The number of nitrogens with zero attached hydrogens (tertiary/aromatic N) is 3. The van der Waals surface area contributed by atoms with E-state index in [1.54, 1.807) is 4.90 Å². The second-order valence-electron chi connectivity index (χ2n) is 4.31. The SMILES string of the molecule is COC(=O)c1cc(N)nc(N2CCC(F)(F)CC2)n1. The minimum absolute atomic E-state index is 0.0160. The Hall–Kier alpha value is -1.99. The Kier molecular flexibility index (Phi) is 3.50. The van der Waals surface area contributed by atoms with Crippen LogP contribution in [-0.2, 0) is 4.74 Å². The molecule has 1 aromatic heterocycles. The van der Waals surface area contributed by atoms with Crippen molar-refractivity contribution in [2.75, 3.05) is 30.8 Å². The molecule has 1 fully saturated rings. The molecule has 1 saturated heterocycles. The summed E-state index contributed by atoms with van der Waals surface area (Å²) in [4.78, 5) is 20.9. The number of nitrogens with two attached hydrogens (primary N) is 1. The van der Waals surface area contributed by atoms with Gasteiger partial charge in [0.25, 0.3) is 5.92 Å². The fourth-order valence-electron chi connectivity index (χ4n) is 1.84. The molecule has 0 saturated carbocycles. The number of aromatic nitrogens is 2. The molecule has 2 rings (SSSR count). The second kappa shape index (κ2) is 4.94. The number of rotatable bonds is 2. The number of ether oxygens (including phenoxy) is 1. The Morgan fingerprint density at radius 2 is 2.05 bits per heavy atom. The van der Waals surface area contributed by atoms with E-state index in [2.05, 4.69) is 14.7 Å². The average Bonchev–Trinajstić information content (AvgIpc) is 2.37. The van der Waals surface area contributed by atoms with Gasteiger partial charge in [-0.15, -0.1) is 0 Å². The highest BCUT2D eigenvalue weighted by Crippen LogP contribution is 2.29. The van der Waals surface area contributed by atoms with Gasteiger partial charge in [0.15, 0.2) is 5.69 Å². The van der Waals surface area contributed by atoms with E-state index in [1.165, 1.54) is 13.2 Å². The zero-order chi connectivity index (χ0) is 14.0. The topological polar surface area (TPSA) is 81.3 Å². The number of methoxy groups -OCH3 is 1. The summed E-state index contributed by atoms with van der Waals surface area (Å²) in [7, 11) is 1.22. The van der Waals surface area contributed by atoms with Crippen LogP contribution in [0.1, 0.15) is 23.3 Å². The first-order valence-electron chi connectivity index (χ1n) is 5.77. The Morgan fingerprint density at radius 1 is 1.42 bits per heavy atom. The van der Waals surface area contributed by atoms with Crippen molar-refractivity contribution in [1.82, 2.24) is 9.97 Å². The summed E-state index contributed by atoms with van der Waals surface area (Å²) >= 11 is 0. The van der Waals surface area contributed by atoms with Crippen LogP contribution in [0.25, 0.3) is 0 Å². The van der Waals surface area contributed by atoms with E-state index in [1.807, 2.05) is 0 Å². The van der Waals surface area contributed by atoms with Crippen LogP contribution in [0.4, 0.5) is 20.5 Å². The molecule has 1 aliphatic rings. The van der Waals surface area contributed by atoms with Crippen LogP contribution in [-0.4, -0.2) is 42.1 Å². The smallest absolute Gasteiger partial charge is 0.356 e. The molecule has 104 valence electrons. The molecule has 1 aliphatic heterocycles. The highest BCUT2D eigenvalue weighted by molar-refractivity contribution is 5.88. The predicted octanol–water partition coefficient (Wildman–Crippen LogP) is 1.08. The van der Waals surface area contributed by atoms with Crippen LogP contribution in [0.5, 0.6) is 0 Å². The zero-order valence-corrected chi connectivity index (χ0v) is 10.4. The quantitative estimate of drug-likeness (QED) is 0.811. The molecule has 0 bridgehead atoms. The van der Waals surface area contributed by atoms with Crippen LogP contribution in [0.3, 0.4) is 0 Å². The summed E-state index contributed by atoms with van der Waals surface area (Å²) in [6.07, 6.45) is -0.530. The number of alkyl halides is 2.